The molecule has 0 saturated carbocycles. The lowest BCUT2D eigenvalue weighted by Gasteiger charge is -2.25. The summed E-state index contributed by atoms with van der Waals surface area (Å²) in [4.78, 5) is 14.7. The molecular formula is C21H24FNO3. The van der Waals surface area contributed by atoms with Gasteiger partial charge in [0.1, 0.15) is 17.3 Å². The molecular weight excluding hydrogens is 333 g/mol. The maximum atomic E-state index is 13.2. The van der Waals surface area contributed by atoms with E-state index in [-0.39, 0.29) is 17.8 Å². The highest BCUT2D eigenvalue weighted by molar-refractivity contribution is 5.77. The number of aryl methyl sites for hydroxylation is 1. The van der Waals surface area contributed by atoms with Gasteiger partial charge in [0, 0.05) is 19.0 Å². The Hall–Kier alpha value is -2.56. The third-order valence-electron chi connectivity index (χ3n) is 4.87. The van der Waals surface area contributed by atoms with Crippen molar-refractivity contribution in [1.82, 2.24) is 4.90 Å². The van der Waals surface area contributed by atoms with Crippen LogP contribution >= 0.6 is 0 Å². The number of rotatable bonds is 6. The Balaban J connectivity index is 1.66. The van der Waals surface area contributed by atoms with E-state index in [2.05, 4.69) is 0 Å². The lowest BCUT2D eigenvalue weighted by atomic mass is 10.0. The second kappa shape index (κ2) is 8.21. The maximum absolute atomic E-state index is 13.2. The van der Waals surface area contributed by atoms with Crippen LogP contribution in [0.3, 0.4) is 0 Å². The maximum Gasteiger partial charge on any atom is 0.223 e. The predicted molar refractivity (Wildman–Crippen MR) is 98.0 cm³/mol. The summed E-state index contributed by atoms with van der Waals surface area (Å²) >= 11 is 0. The molecule has 3 rings (SSSR count). The van der Waals surface area contributed by atoms with Gasteiger partial charge in [0.05, 0.1) is 20.3 Å². The fourth-order valence-electron chi connectivity index (χ4n) is 3.50. The van der Waals surface area contributed by atoms with Crippen LogP contribution in [-0.4, -0.2) is 31.6 Å². The molecule has 138 valence electrons. The molecule has 2 aromatic rings. The van der Waals surface area contributed by atoms with E-state index in [0.717, 1.165) is 42.0 Å². The van der Waals surface area contributed by atoms with Crippen molar-refractivity contribution in [2.75, 3.05) is 20.8 Å². The van der Waals surface area contributed by atoms with E-state index in [1.165, 1.54) is 12.1 Å². The molecule has 0 radical (unpaired) electrons. The van der Waals surface area contributed by atoms with Crippen molar-refractivity contribution in [2.24, 2.45) is 0 Å². The first-order valence-corrected chi connectivity index (χ1v) is 8.87. The molecule has 1 aliphatic heterocycles. The van der Waals surface area contributed by atoms with Crippen molar-refractivity contribution in [3.05, 3.63) is 59.4 Å². The lowest BCUT2D eigenvalue weighted by Crippen LogP contribution is -2.30. The number of hydrogen-bond donors (Lipinski definition) is 0. The molecule has 5 heteroatoms. The van der Waals surface area contributed by atoms with Gasteiger partial charge in [-0.2, -0.15) is 0 Å². The third-order valence-corrected chi connectivity index (χ3v) is 4.87. The van der Waals surface area contributed by atoms with Gasteiger partial charge in [-0.25, -0.2) is 4.39 Å². The van der Waals surface area contributed by atoms with Crippen molar-refractivity contribution >= 4 is 5.91 Å². The van der Waals surface area contributed by atoms with Gasteiger partial charge in [0.25, 0.3) is 0 Å². The van der Waals surface area contributed by atoms with Gasteiger partial charge < -0.3 is 14.4 Å². The molecule has 0 spiro atoms. The number of ether oxygens (including phenoxy) is 2. The second-order valence-electron chi connectivity index (χ2n) is 6.52. The van der Waals surface area contributed by atoms with Crippen LogP contribution in [0.4, 0.5) is 4.39 Å². The van der Waals surface area contributed by atoms with Gasteiger partial charge in [0.2, 0.25) is 5.91 Å². The number of methoxy groups -OCH3 is 2. The monoisotopic (exact) mass is 357 g/mol. The number of likely N-dealkylation sites (tertiary alicyclic amines) is 1. The van der Waals surface area contributed by atoms with Crippen molar-refractivity contribution < 1.29 is 18.7 Å². The number of benzene rings is 2. The Labute approximate surface area is 153 Å². The average molecular weight is 357 g/mol. The normalized spacial score (nSPS) is 16.6. The van der Waals surface area contributed by atoms with Crippen LogP contribution in [0.1, 0.15) is 36.4 Å². The fourth-order valence-corrected chi connectivity index (χ4v) is 3.50. The summed E-state index contributed by atoms with van der Waals surface area (Å²) in [6.07, 6.45) is 2.94. The van der Waals surface area contributed by atoms with Gasteiger partial charge in [-0.05, 0) is 54.7 Å². The number of amides is 1. The van der Waals surface area contributed by atoms with E-state index in [1.807, 2.05) is 23.1 Å². The molecule has 1 heterocycles. The minimum absolute atomic E-state index is 0.0444. The second-order valence-corrected chi connectivity index (χ2v) is 6.52. The largest absolute Gasteiger partial charge is 0.497 e. The Bertz CT molecular complexity index is 738. The highest BCUT2D eigenvalue weighted by Gasteiger charge is 2.29. The summed E-state index contributed by atoms with van der Waals surface area (Å²) < 4.78 is 23.7. The topological polar surface area (TPSA) is 38.8 Å². The molecule has 0 N–H and O–H groups in total. The highest BCUT2D eigenvalue weighted by Crippen LogP contribution is 2.33. The standard InChI is InChI=1S/C21H24FNO3/c1-25-18-12-15(13-19(14-18)26-2)5-10-21(24)23-11-3-4-20(23)16-6-8-17(22)9-7-16/h6-9,12-14,20H,3-5,10-11H2,1-2H3/t20-/m0/s1. The van der Waals surface area contributed by atoms with Crippen molar-refractivity contribution in [2.45, 2.75) is 31.7 Å². The number of carbonyl (C=O) groups is 1. The number of carbonyl (C=O) groups excluding carboxylic acids is 1. The van der Waals surface area contributed by atoms with Gasteiger partial charge in [-0.1, -0.05) is 12.1 Å². The molecule has 1 amide bonds. The predicted octanol–water partition coefficient (Wildman–Crippen LogP) is 4.14. The molecule has 1 atom stereocenters. The molecule has 2 aromatic carbocycles. The van der Waals surface area contributed by atoms with Gasteiger partial charge in [-0.15, -0.1) is 0 Å². The van der Waals surface area contributed by atoms with Crippen LogP contribution in [-0.2, 0) is 11.2 Å². The first-order chi connectivity index (χ1) is 12.6. The van der Waals surface area contributed by atoms with Crippen LogP contribution in [0.15, 0.2) is 42.5 Å². The van der Waals surface area contributed by atoms with Crippen LogP contribution in [0, 0.1) is 5.82 Å². The molecule has 1 fully saturated rings. The molecule has 0 unspecified atom stereocenters. The first kappa shape index (κ1) is 18.2. The molecule has 1 aliphatic rings. The zero-order valence-electron chi connectivity index (χ0n) is 15.2. The van der Waals surface area contributed by atoms with Crippen LogP contribution in [0.2, 0.25) is 0 Å². The fraction of sp³-hybridized carbons (Fsp3) is 0.381. The van der Waals surface area contributed by atoms with E-state index in [4.69, 9.17) is 9.47 Å². The molecule has 0 aliphatic carbocycles. The smallest absolute Gasteiger partial charge is 0.223 e. The molecule has 0 bridgehead atoms. The summed E-state index contributed by atoms with van der Waals surface area (Å²) in [5.41, 5.74) is 2.01. The van der Waals surface area contributed by atoms with Crippen molar-refractivity contribution in [3.63, 3.8) is 0 Å². The van der Waals surface area contributed by atoms with Crippen LogP contribution in [0.5, 0.6) is 11.5 Å². The highest BCUT2D eigenvalue weighted by atomic mass is 19.1. The van der Waals surface area contributed by atoms with Gasteiger partial charge >= 0.3 is 0 Å². The Morgan fingerprint density at radius 1 is 1.12 bits per heavy atom. The SMILES string of the molecule is COc1cc(CCC(=O)N2CCC[C@H]2c2ccc(F)cc2)cc(OC)c1. The lowest BCUT2D eigenvalue weighted by molar-refractivity contribution is -0.132. The van der Waals surface area contributed by atoms with Gasteiger partial charge in [-0.3, -0.25) is 4.79 Å². The molecule has 1 saturated heterocycles. The van der Waals surface area contributed by atoms with E-state index in [9.17, 15) is 9.18 Å². The summed E-state index contributed by atoms with van der Waals surface area (Å²) in [7, 11) is 3.22. The number of nitrogens with zero attached hydrogens (tertiary/aromatic N) is 1. The summed E-state index contributed by atoms with van der Waals surface area (Å²) in [5, 5.41) is 0. The third kappa shape index (κ3) is 4.15. The zero-order valence-corrected chi connectivity index (χ0v) is 15.2. The van der Waals surface area contributed by atoms with E-state index >= 15 is 0 Å². The summed E-state index contributed by atoms with van der Waals surface area (Å²) in [5.74, 6) is 1.31. The molecule has 4 nitrogen and oxygen atoms in total. The van der Waals surface area contributed by atoms with Crippen LogP contribution < -0.4 is 9.47 Å². The van der Waals surface area contributed by atoms with E-state index < -0.39 is 0 Å². The van der Waals surface area contributed by atoms with Gasteiger partial charge in [0.15, 0.2) is 0 Å². The Morgan fingerprint density at radius 3 is 2.38 bits per heavy atom. The summed E-state index contributed by atoms with van der Waals surface area (Å²) in [6, 6.07) is 12.2. The average Bonchev–Trinajstić information content (AvgIpc) is 3.16. The quantitative estimate of drug-likeness (QED) is 0.780. The molecule has 26 heavy (non-hydrogen) atoms. The number of halogens is 1. The first-order valence-electron chi connectivity index (χ1n) is 8.87. The van der Waals surface area contributed by atoms with E-state index in [0.29, 0.717) is 12.8 Å². The zero-order chi connectivity index (χ0) is 18.5. The summed E-state index contributed by atoms with van der Waals surface area (Å²) in [6.45, 7) is 0.752. The van der Waals surface area contributed by atoms with Crippen LogP contribution in [0.25, 0.3) is 0 Å². The Kier molecular flexibility index (Phi) is 5.76. The van der Waals surface area contributed by atoms with Crippen molar-refractivity contribution in [3.8, 4) is 11.5 Å². The van der Waals surface area contributed by atoms with E-state index in [1.54, 1.807) is 26.4 Å². The minimum atomic E-state index is -0.253. The Morgan fingerprint density at radius 2 is 1.77 bits per heavy atom. The number of hydrogen-bond acceptors (Lipinski definition) is 3. The molecule has 0 aromatic heterocycles. The van der Waals surface area contributed by atoms with Crippen molar-refractivity contribution in [1.29, 1.82) is 0 Å². The minimum Gasteiger partial charge on any atom is -0.497 e.